The van der Waals surface area contributed by atoms with Gasteiger partial charge in [-0.15, -0.1) is 0 Å². The first-order valence-corrected chi connectivity index (χ1v) is 6.28. The van der Waals surface area contributed by atoms with Gasteiger partial charge in [0.1, 0.15) is 5.57 Å². The van der Waals surface area contributed by atoms with Crippen molar-refractivity contribution in [3.63, 3.8) is 0 Å². The molecule has 5 nitrogen and oxygen atoms in total. The van der Waals surface area contributed by atoms with Crippen LogP contribution < -0.4 is 0 Å². The van der Waals surface area contributed by atoms with E-state index < -0.39 is 36.6 Å². The molecule has 0 bridgehead atoms. The zero-order valence-corrected chi connectivity index (χ0v) is 10.5. The molecule has 1 saturated heterocycles. The number of hydrogen-bond acceptors (Lipinski definition) is 6. The fourth-order valence-corrected chi connectivity index (χ4v) is 1.78. The lowest BCUT2D eigenvalue weighted by Crippen LogP contribution is -2.31. The molecule has 0 radical (unpaired) electrons. The Labute approximate surface area is 111 Å². The molecule has 1 heterocycles. The van der Waals surface area contributed by atoms with Gasteiger partial charge in [-0.25, -0.2) is 9.59 Å². The van der Waals surface area contributed by atoms with Gasteiger partial charge < -0.3 is 14.2 Å². The van der Waals surface area contributed by atoms with E-state index in [-0.39, 0.29) is 0 Å². The summed E-state index contributed by atoms with van der Waals surface area (Å²) in [4.78, 5) is 22.1. The van der Waals surface area contributed by atoms with Crippen LogP contribution >= 0.6 is 11.8 Å². The Kier molecular flexibility index (Phi) is 5.67. The summed E-state index contributed by atoms with van der Waals surface area (Å²) in [5.41, 5.74) is -1.68. The molecule has 19 heavy (non-hydrogen) atoms. The van der Waals surface area contributed by atoms with E-state index in [1.54, 1.807) is 0 Å². The predicted molar refractivity (Wildman–Crippen MR) is 59.3 cm³/mol. The van der Waals surface area contributed by atoms with Crippen molar-refractivity contribution in [2.75, 3.05) is 24.7 Å². The van der Waals surface area contributed by atoms with Crippen molar-refractivity contribution in [1.29, 1.82) is 0 Å². The SMILES string of the molecule is C=C(C(=O)OCC(=O)OC1CSCCO1)C(F)(F)F. The standard InChI is InChI=1S/C10H11F3O5S/c1-6(10(11,12)13)9(15)17-4-7(14)18-8-5-19-3-2-16-8/h8H,1-5H2. The minimum absolute atomic E-state index is 0.410. The monoisotopic (exact) mass is 300 g/mol. The van der Waals surface area contributed by atoms with Gasteiger partial charge in [-0.05, 0) is 0 Å². The Morgan fingerprint density at radius 3 is 2.63 bits per heavy atom. The molecule has 1 unspecified atom stereocenters. The molecule has 0 aromatic heterocycles. The molecule has 9 heteroatoms. The van der Waals surface area contributed by atoms with Crippen LogP contribution in [0.4, 0.5) is 13.2 Å². The normalized spacial score (nSPS) is 19.6. The van der Waals surface area contributed by atoms with Gasteiger partial charge in [0, 0.05) is 5.75 Å². The van der Waals surface area contributed by atoms with Gasteiger partial charge in [-0.2, -0.15) is 24.9 Å². The zero-order valence-electron chi connectivity index (χ0n) is 9.70. The van der Waals surface area contributed by atoms with Crippen molar-refractivity contribution in [3.05, 3.63) is 12.2 Å². The van der Waals surface area contributed by atoms with E-state index in [4.69, 9.17) is 9.47 Å². The first-order valence-electron chi connectivity index (χ1n) is 5.12. The molecule has 0 saturated carbocycles. The molecule has 1 atom stereocenters. The summed E-state index contributed by atoms with van der Waals surface area (Å²) in [5, 5.41) is 0. The maximum atomic E-state index is 12.1. The maximum Gasteiger partial charge on any atom is 0.422 e. The van der Waals surface area contributed by atoms with E-state index in [0.717, 1.165) is 5.75 Å². The first-order chi connectivity index (χ1) is 8.80. The fraction of sp³-hybridized carbons (Fsp3) is 0.600. The number of rotatable bonds is 4. The molecule has 0 spiro atoms. The molecular weight excluding hydrogens is 289 g/mol. The molecule has 0 N–H and O–H groups in total. The third-order valence-electron chi connectivity index (χ3n) is 1.96. The number of esters is 2. The number of carbonyl (C=O) groups excluding carboxylic acids is 2. The van der Waals surface area contributed by atoms with E-state index >= 15 is 0 Å². The Bertz CT molecular complexity index is 363. The Balaban J connectivity index is 2.29. The van der Waals surface area contributed by atoms with Crippen LogP contribution in [0.25, 0.3) is 0 Å². The molecule has 108 valence electrons. The van der Waals surface area contributed by atoms with E-state index in [2.05, 4.69) is 11.3 Å². The van der Waals surface area contributed by atoms with Gasteiger partial charge in [0.25, 0.3) is 0 Å². The highest BCUT2D eigenvalue weighted by atomic mass is 32.2. The van der Waals surface area contributed by atoms with Crippen LogP contribution in [-0.2, 0) is 23.8 Å². The molecule has 0 aliphatic carbocycles. The van der Waals surface area contributed by atoms with E-state index in [1.165, 1.54) is 11.8 Å². The van der Waals surface area contributed by atoms with Crippen LogP contribution in [0, 0.1) is 0 Å². The third-order valence-corrected chi connectivity index (χ3v) is 2.92. The number of ether oxygens (including phenoxy) is 3. The molecule has 0 aromatic rings. The molecule has 1 rings (SSSR count). The molecule has 0 amide bonds. The number of halogens is 3. The zero-order chi connectivity index (χ0) is 14.5. The average Bonchev–Trinajstić information content (AvgIpc) is 2.35. The topological polar surface area (TPSA) is 61.8 Å². The predicted octanol–water partition coefficient (Wildman–Crippen LogP) is 1.28. The van der Waals surface area contributed by atoms with E-state index in [0.29, 0.717) is 12.4 Å². The van der Waals surface area contributed by atoms with Crippen LogP contribution in [0.15, 0.2) is 12.2 Å². The van der Waals surface area contributed by atoms with Crippen LogP contribution in [0.2, 0.25) is 0 Å². The lowest BCUT2D eigenvalue weighted by atomic mass is 10.3. The largest absolute Gasteiger partial charge is 0.450 e. The van der Waals surface area contributed by atoms with Gasteiger partial charge in [-0.3, -0.25) is 0 Å². The van der Waals surface area contributed by atoms with Gasteiger partial charge in [-0.1, -0.05) is 6.58 Å². The summed E-state index contributed by atoms with van der Waals surface area (Å²) < 4.78 is 50.1. The Morgan fingerprint density at radius 1 is 1.42 bits per heavy atom. The van der Waals surface area contributed by atoms with Crippen LogP contribution in [0.3, 0.4) is 0 Å². The highest BCUT2D eigenvalue weighted by Gasteiger charge is 2.38. The third kappa shape index (κ3) is 5.52. The van der Waals surface area contributed by atoms with Crippen molar-refractivity contribution < 1.29 is 37.0 Å². The van der Waals surface area contributed by atoms with E-state index in [1.807, 2.05) is 0 Å². The van der Waals surface area contributed by atoms with Crippen LogP contribution in [0.5, 0.6) is 0 Å². The molecule has 1 aliphatic heterocycles. The quantitative estimate of drug-likeness (QED) is 0.576. The van der Waals surface area contributed by atoms with Crippen molar-refractivity contribution >= 4 is 23.7 Å². The number of alkyl halides is 3. The number of carbonyl (C=O) groups is 2. The molecule has 1 fully saturated rings. The highest BCUT2D eigenvalue weighted by Crippen LogP contribution is 2.24. The molecule has 0 aromatic carbocycles. The highest BCUT2D eigenvalue weighted by molar-refractivity contribution is 7.99. The summed E-state index contributed by atoms with van der Waals surface area (Å²) >= 11 is 1.50. The van der Waals surface area contributed by atoms with Gasteiger partial charge in [0.2, 0.25) is 6.29 Å². The Hall–Kier alpha value is -1.22. The van der Waals surface area contributed by atoms with Crippen molar-refractivity contribution in [2.45, 2.75) is 12.5 Å². The second-order valence-electron chi connectivity index (χ2n) is 3.42. The second-order valence-corrected chi connectivity index (χ2v) is 4.57. The van der Waals surface area contributed by atoms with E-state index in [9.17, 15) is 22.8 Å². The van der Waals surface area contributed by atoms with Gasteiger partial charge >= 0.3 is 18.1 Å². The first kappa shape index (κ1) is 15.8. The van der Waals surface area contributed by atoms with Crippen molar-refractivity contribution in [2.24, 2.45) is 0 Å². The summed E-state index contributed by atoms with van der Waals surface area (Å²) in [5.74, 6) is -1.48. The molecule has 1 aliphatic rings. The van der Waals surface area contributed by atoms with Crippen LogP contribution in [-0.4, -0.2) is 49.1 Å². The van der Waals surface area contributed by atoms with Gasteiger partial charge in [0.15, 0.2) is 6.61 Å². The summed E-state index contributed by atoms with van der Waals surface area (Å²) in [6, 6.07) is 0. The second kappa shape index (κ2) is 6.80. The summed E-state index contributed by atoms with van der Waals surface area (Å²) in [7, 11) is 0. The maximum absolute atomic E-state index is 12.1. The molecular formula is C10H11F3O5S. The lowest BCUT2D eigenvalue weighted by molar-refractivity contribution is -0.181. The fourth-order valence-electron chi connectivity index (χ4n) is 1.04. The number of thioether (sulfide) groups is 1. The minimum Gasteiger partial charge on any atom is -0.450 e. The smallest absolute Gasteiger partial charge is 0.422 e. The van der Waals surface area contributed by atoms with Crippen molar-refractivity contribution in [3.8, 4) is 0 Å². The number of hydrogen-bond donors (Lipinski definition) is 0. The van der Waals surface area contributed by atoms with Gasteiger partial charge in [0.05, 0.1) is 12.4 Å². The average molecular weight is 300 g/mol. The summed E-state index contributed by atoms with van der Waals surface area (Å²) in [6.45, 7) is 2.03. The van der Waals surface area contributed by atoms with Crippen LogP contribution in [0.1, 0.15) is 0 Å². The minimum atomic E-state index is -4.88. The lowest BCUT2D eigenvalue weighted by Gasteiger charge is -2.21. The summed E-state index contributed by atoms with van der Waals surface area (Å²) in [6.07, 6.45) is -5.65. The van der Waals surface area contributed by atoms with Crippen molar-refractivity contribution in [1.82, 2.24) is 0 Å². The Morgan fingerprint density at radius 2 is 2.11 bits per heavy atom.